The molecule has 0 bridgehead atoms. The van der Waals surface area contributed by atoms with Gasteiger partial charge in [0.1, 0.15) is 0 Å². The van der Waals surface area contributed by atoms with Crippen LogP contribution in [0, 0.1) is 23.2 Å². The van der Waals surface area contributed by atoms with Crippen LogP contribution in [0.5, 0.6) is 0 Å². The van der Waals surface area contributed by atoms with Crippen molar-refractivity contribution in [2.75, 3.05) is 0 Å². The number of rotatable bonds is 2. The van der Waals surface area contributed by atoms with E-state index in [1.165, 1.54) is 33.4 Å². The summed E-state index contributed by atoms with van der Waals surface area (Å²) in [5.74, 6) is 0.940. The molecular weight excluding hydrogens is 595 g/mol. The number of halogens is 2. The molecule has 0 aliphatic heterocycles. The summed E-state index contributed by atoms with van der Waals surface area (Å²) in [6, 6.07) is 14.8. The van der Waals surface area contributed by atoms with Crippen LogP contribution in [0.2, 0.25) is 0 Å². The third-order valence-electron chi connectivity index (χ3n) is 9.49. The number of hydrogen-bond acceptors (Lipinski definition) is 0. The smallest absolute Gasteiger partial charge is 1.00 e. The summed E-state index contributed by atoms with van der Waals surface area (Å²) in [6.45, 7) is 26.1. The van der Waals surface area contributed by atoms with E-state index in [4.69, 9.17) is 0 Å². The van der Waals surface area contributed by atoms with E-state index in [9.17, 15) is 0 Å². The standard InChI is InChI=1S/C36H47.2ClH.Zr/c1-22(2)36(17-16-23-18-26(21-31(23)36)35(9,10)11)32-27-14-12-24(33(3,4)5)19-29(27)30-20-25(34(6,7)8)13-15-28(30)32;;;/h12-16,19-22,32H,17-18H2,1-11H3;2*1H;/q-1;;;+3/p-2. The molecule has 0 fully saturated rings. The van der Waals surface area contributed by atoms with E-state index in [1.807, 2.05) is 0 Å². The maximum Gasteiger partial charge on any atom is 3.00 e. The molecule has 1 unspecified atom stereocenters. The van der Waals surface area contributed by atoms with E-state index < -0.39 is 0 Å². The minimum atomic E-state index is 0. The Balaban J connectivity index is 0.00000178. The van der Waals surface area contributed by atoms with Crippen LogP contribution in [-0.4, -0.2) is 0 Å². The molecule has 2 aromatic carbocycles. The molecule has 0 saturated heterocycles. The van der Waals surface area contributed by atoms with Gasteiger partial charge < -0.3 is 24.8 Å². The number of allylic oxidation sites excluding steroid dienone is 4. The predicted molar refractivity (Wildman–Crippen MR) is 156 cm³/mol. The van der Waals surface area contributed by atoms with Crippen molar-refractivity contribution in [1.82, 2.24) is 0 Å². The molecule has 209 valence electrons. The van der Waals surface area contributed by atoms with E-state index >= 15 is 0 Å². The zero-order chi connectivity index (χ0) is 26.4. The minimum absolute atomic E-state index is 0. The van der Waals surface area contributed by atoms with Crippen molar-refractivity contribution in [3.63, 3.8) is 0 Å². The van der Waals surface area contributed by atoms with Crippen LogP contribution in [0.1, 0.15) is 117 Å². The largest absolute Gasteiger partial charge is 3.00 e. The van der Waals surface area contributed by atoms with E-state index in [2.05, 4.69) is 125 Å². The van der Waals surface area contributed by atoms with Crippen LogP contribution in [0.25, 0.3) is 11.1 Å². The van der Waals surface area contributed by atoms with Gasteiger partial charge >= 0.3 is 26.2 Å². The van der Waals surface area contributed by atoms with E-state index in [0.717, 1.165) is 12.8 Å². The van der Waals surface area contributed by atoms with Crippen LogP contribution < -0.4 is 24.8 Å². The van der Waals surface area contributed by atoms with Gasteiger partial charge in [0.15, 0.2) is 0 Å². The predicted octanol–water partition coefficient (Wildman–Crippen LogP) is 4.32. The van der Waals surface area contributed by atoms with Crippen molar-refractivity contribution < 1.29 is 51.0 Å². The molecule has 0 nitrogen and oxygen atoms in total. The summed E-state index contributed by atoms with van der Waals surface area (Å²) in [7, 11) is 0. The molecule has 3 aliphatic carbocycles. The number of fused-ring (bicyclic) bond motifs is 3. The molecule has 5 rings (SSSR count). The quantitative estimate of drug-likeness (QED) is 0.429. The first-order valence-corrected chi connectivity index (χ1v) is 14.1. The van der Waals surface area contributed by atoms with Gasteiger partial charge in [-0.3, -0.25) is 0 Å². The molecule has 3 aliphatic rings. The summed E-state index contributed by atoms with van der Waals surface area (Å²) in [6.07, 6.45) is 7.49. The van der Waals surface area contributed by atoms with Gasteiger partial charge in [-0.2, -0.15) is 5.57 Å². The van der Waals surface area contributed by atoms with Crippen LogP contribution in [0.4, 0.5) is 0 Å². The molecule has 0 spiro atoms. The van der Waals surface area contributed by atoms with E-state index in [-0.39, 0.29) is 72.7 Å². The maximum absolute atomic E-state index is 2.61. The molecule has 1 atom stereocenters. The van der Waals surface area contributed by atoms with Gasteiger partial charge in [0.25, 0.3) is 0 Å². The Morgan fingerprint density at radius 2 is 1.21 bits per heavy atom. The molecule has 0 heterocycles. The average molecular weight is 642 g/mol. The SMILES string of the molecule is CC(C)C1(C2c3ccc(C(C)(C)C)cc3-c3cc(C(C)(C)C)ccc32)C[CH-]C2=C1C=C(C(C)(C)C)C2.[Cl-].[Cl-].[Zr+3]. The van der Waals surface area contributed by atoms with Gasteiger partial charge in [-0.05, 0) is 56.0 Å². The Morgan fingerprint density at radius 1 is 0.744 bits per heavy atom. The Kier molecular flexibility index (Phi) is 9.85. The average Bonchev–Trinajstić information content (AvgIpc) is 3.42. The zero-order valence-electron chi connectivity index (χ0n) is 25.9. The second kappa shape index (κ2) is 11.2. The third kappa shape index (κ3) is 5.56. The Bertz CT molecular complexity index is 1230. The first-order valence-electron chi connectivity index (χ1n) is 14.1. The van der Waals surface area contributed by atoms with Crippen molar-refractivity contribution >= 4 is 0 Å². The summed E-state index contributed by atoms with van der Waals surface area (Å²) in [4.78, 5) is 0. The fourth-order valence-electron chi connectivity index (χ4n) is 7.01. The second-order valence-electron chi connectivity index (χ2n) is 15.2. The zero-order valence-corrected chi connectivity index (χ0v) is 29.9. The minimum Gasteiger partial charge on any atom is -1.00 e. The summed E-state index contributed by atoms with van der Waals surface area (Å²) in [5.41, 5.74) is 14.3. The molecule has 0 amide bonds. The first kappa shape index (κ1) is 34.5. The number of benzene rings is 2. The molecule has 0 aromatic heterocycles. The molecule has 0 saturated carbocycles. The van der Waals surface area contributed by atoms with Crippen molar-refractivity contribution in [1.29, 1.82) is 0 Å². The topological polar surface area (TPSA) is 0 Å². The normalized spacial score (nSPS) is 20.4. The van der Waals surface area contributed by atoms with Crippen LogP contribution in [-0.2, 0) is 37.0 Å². The molecule has 0 N–H and O–H groups in total. The van der Waals surface area contributed by atoms with Crippen LogP contribution in [0.3, 0.4) is 0 Å². The summed E-state index contributed by atoms with van der Waals surface area (Å²) in [5, 5.41) is 0. The molecule has 3 heteroatoms. The molecule has 1 radical (unpaired) electrons. The van der Waals surface area contributed by atoms with Gasteiger partial charge in [0, 0.05) is 5.92 Å². The van der Waals surface area contributed by atoms with Gasteiger partial charge in [-0.25, -0.2) is 12.0 Å². The number of hydrogen-bond donors (Lipinski definition) is 0. The first-order chi connectivity index (χ1) is 16.5. The maximum atomic E-state index is 2.61. The summed E-state index contributed by atoms with van der Waals surface area (Å²) < 4.78 is 0. The van der Waals surface area contributed by atoms with Crippen LogP contribution >= 0.6 is 0 Å². The van der Waals surface area contributed by atoms with Crippen molar-refractivity contribution in [3.8, 4) is 11.1 Å². The van der Waals surface area contributed by atoms with E-state index in [1.54, 1.807) is 16.7 Å². The van der Waals surface area contributed by atoms with Crippen molar-refractivity contribution in [2.24, 2.45) is 16.7 Å². The fraction of sp³-hybridized carbons (Fsp3) is 0.528. The van der Waals surface area contributed by atoms with E-state index in [0.29, 0.717) is 11.8 Å². The van der Waals surface area contributed by atoms with Gasteiger partial charge in [-0.1, -0.05) is 129 Å². The second-order valence-corrected chi connectivity index (χ2v) is 15.2. The third-order valence-corrected chi connectivity index (χ3v) is 9.49. The van der Waals surface area contributed by atoms with Gasteiger partial charge in [0.2, 0.25) is 0 Å². The van der Waals surface area contributed by atoms with Crippen molar-refractivity contribution in [2.45, 2.75) is 106 Å². The van der Waals surface area contributed by atoms with Crippen LogP contribution in [0.15, 0.2) is 59.2 Å². The van der Waals surface area contributed by atoms with Crippen molar-refractivity contribution in [3.05, 3.63) is 87.9 Å². The Labute approximate surface area is 270 Å². The molecule has 39 heavy (non-hydrogen) atoms. The Morgan fingerprint density at radius 3 is 1.59 bits per heavy atom. The van der Waals surface area contributed by atoms with Gasteiger partial charge in [0.05, 0.1) is 0 Å². The monoisotopic (exact) mass is 639 g/mol. The van der Waals surface area contributed by atoms with Gasteiger partial charge in [-0.15, -0.1) is 12.5 Å². The fourth-order valence-corrected chi connectivity index (χ4v) is 7.01. The summed E-state index contributed by atoms with van der Waals surface area (Å²) >= 11 is 0. The Hall–Kier alpha value is -0.747. The molecule has 2 aromatic rings. The molecular formula is C36H47Cl2Zr.